The van der Waals surface area contributed by atoms with E-state index in [0.29, 0.717) is 18.8 Å². The molecule has 0 aliphatic rings. The van der Waals surface area contributed by atoms with Crippen molar-refractivity contribution in [2.75, 3.05) is 0 Å². The van der Waals surface area contributed by atoms with E-state index in [-0.39, 0.29) is 5.69 Å². The molecule has 0 spiro atoms. The molecule has 0 amide bonds. The largest absolute Gasteiger partial charge is 0.359 e. The Morgan fingerprint density at radius 3 is 2.33 bits per heavy atom. The Labute approximate surface area is 138 Å². The maximum atomic E-state index is 12.7. The Hall–Kier alpha value is -3.08. The zero-order chi connectivity index (χ0) is 16.5. The highest BCUT2D eigenvalue weighted by atomic mass is 16.5. The number of aryl methyl sites for hydroxylation is 1. The predicted octanol–water partition coefficient (Wildman–Crippen LogP) is 3.53. The van der Waals surface area contributed by atoms with Gasteiger partial charge in [-0.3, -0.25) is 9.13 Å². The number of nitrogens with zero attached hydrogens (tertiary/aromatic N) is 3. The van der Waals surface area contributed by atoms with Crippen LogP contribution >= 0.6 is 0 Å². The first-order valence-corrected chi connectivity index (χ1v) is 7.97. The number of rotatable bonds is 4. The molecular weight excluding hydrogens is 302 g/mol. The quantitative estimate of drug-likeness (QED) is 0.578. The van der Waals surface area contributed by atoms with E-state index in [1.54, 1.807) is 9.13 Å². The number of imidazole rings is 1. The molecule has 2 aromatic carbocycles. The van der Waals surface area contributed by atoms with Gasteiger partial charge in [0.25, 0.3) is 0 Å². The number of aromatic nitrogens is 3. The zero-order valence-corrected chi connectivity index (χ0v) is 13.3. The van der Waals surface area contributed by atoms with E-state index in [9.17, 15) is 4.79 Å². The molecule has 0 saturated carbocycles. The molecule has 4 aromatic rings. The molecule has 5 nitrogen and oxygen atoms in total. The van der Waals surface area contributed by atoms with Gasteiger partial charge < -0.3 is 4.52 Å². The van der Waals surface area contributed by atoms with E-state index in [0.717, 1.165) is 22.3 Å². The van der Waals surface area contributed by atoms with Crippen LogP contribution in [0.3, 0.4) is 0 Å². The highest BCUT2D eigenvalue weighted by Crippen LogP contribution is 2.20. The second kappa shape index (κ2) is 5.85. The minimum Gasteiger partial charge on any atom is -0.359 e. The average molecular weight is 319 g/mol. The number of para-hydroxylation sites is 2. The van der Waals surface area contributed by atoms with Gasteiger partial charge in [0.05, 0.1) is 17.6 Å². The van der Waals surface area contributed by atoms with Gasteiger partial charge in [-0.2, -0.15) is 0 Å². The molecule has 0 atom stereocenters. The Balaban J connectivity index is 1.75. The van der Waals surface area contributed by atoms with Crippen molar-refractivity contribution in [3.8, 4) is 11.3 Å². The van der Waals surface area contributed by atoms with Crippen molar-refractivity contribution in [1.82, 2.24) is 14.3 Å². The fourth-order valence-corrected chi connectivity index (χ4v) is 3.02. The van der Waals surface area contributed by atoms with Crippen molar-refractivity contribution >= 4 is 11.0 Å². The van der Waals surface area contributed by atoms with Crippen LogP contribution in [0.4, 0.5) is 0 Å². The second-order valence-corrected chi connectivity index (χ2v) is 5.65. The summed E-state index contributed by atoms with van der Waals surface area (Å²) in [4.78, 5) is 12.7. The van der Waals surface area contributed by atoms with Crippen LogP contribution in [0.1, 0.15) is 12.7 Å². The van der Waals surface area contributed by atoms with Gasteiger partial charge in [0.15, 0.2) is 5.76 Å². The van der Waals surface area contributed by atoms with Crippen LogP contribution in [0, 0.1) is 0 Å². The van der Waals surface area contributed by atoms with E-state index >= 15 is 0 Å². The lowest BCUT2D eigenvalue weighted by Gasteiger charge is -1.98. The SMILES string of the molecule is CCn1c(=O)n(Cc2cc(-c3ccccc3)no2)c2ccccc21. The van der Waals surface area contributed by atoms with Crippen LogP contribution in [0.2, 0.25) is 0 Å². The molecule has 24 heavy (non-hydrogen) atoms. The lowest BCUT2D eigenvalue weighted by Crippen LogP contribution is -2.24. The number of hydrogen-bond donors (Lipinski definition) is 0. The lowest BCUT2D eigenvalue weighted by atomic mass is 10.1. The molecule has 120 valence electrons. The predicted molar refractivity (Wildman–Crippen MR) is 92.9 cm³/mol. The van der Waals surface area contributed by atoms with Gasteiger partial charge in [0, 0.05) is 18.2 Å². The highest BCUT2D eigenvalue weighted by Gasteiger charge is 2.14. The summed E-state index contributed by atoms with van der Waals surface area (Å²) in [6, 6.07) is 19.5. The molecule has 0 bridgehead atoms. The molecule has 0 fully saturated rings. The molecule has 4 rings (SSSR count). The minimum absolute atomic E-state index is 0.0311. The van der Waals surface area contributed by atoms with Gasteiger partial charge in [0.2, 0.25) is 0 Å². The molecule has 2 aromatic heterocycles. The summed E-state index contributed by atoms with van der Waals surface area (Å²) in [5.74, 6) is 0.662. The van der Waals surface area contributed by atoms with Crippen LogP contribution in [0.25, 0.3) is 22.3 Å². The Morgan fingerprint density at radius 1 is 0.958 bits per heavy atom. The zero-order valence-electron chi connectivity index (χ0n) is 13.3. The van der Waals surface area contributed by atoms with E-state index < -0.39 is 0 Å². The van der Waals surface area contributed by atoms with Crippen LogP contribution in [0.5, 0.6) is 0 Å². The molecule has 2 heterocycles. The summed E-state index contributed by atoms with van der Waals surface area (Å²) in [6.07, 6.45) is 0. The standard InChI is InChI=1S/C19H17N3O2/c1-2-21-17-10-6-7-11-18(17)22(19(21)23)13-15-12-16(20-24-15)14-8-4-3-5-9-14/h3-12H,2,13H2,1H3. The van der Waals surface area contributed by atoms with Crippen molar-refractivity contribution in [3.05, 3.63) is 76.9 Å². The fourth-order valence-electron chi connectivity index (χ4n) is 3.02. The summed E-state index contributed by atoms with van der Waals surface area (Å²) < 4.78 is 8.95. The monoisotopic (exact) mass is 319 g/mol. The van der Waals surface area contributed by atoms with Gasteiger partial charge in [-0.25, -0.2) is 4.79 Å². The van der Waals surface area contributed by atoms with Gasteiger partial charge in [0.1, 0.15) is 5.69 Å². The third-order valence-corrected chi connectivity index (χ3v) is 4.18. The normalized spacial score (nSPS) is 11.2. The van der Waals surface area contributed by atoms with Gasteiger partial charge >= 0.3 is 5.69 Å². The van der Waals surface area contributed by atoms with Crippen molar-refractivity contribution in [3.63, 3.8) is 0 Å². The summed E-state index contributed by atoms with van der Waals surface area (Å²) >= 11 is 0. The maximum absolute atomic E-state index is 12.7. The van der Waals surface area contributed by atoms with E-state index in [1.165, 1.54) is 0 Å². The first kappa shape index (κ1) is 14.5. The van der Waals surface area contributed by atoms with Crippen molar-refractivity contribution in [2.24, 2.45) is 0 Å². The summed E-state index contributed by atoms with van der Waals surface area (Å²) in [5, 5.41) is 4.12. The third-order valence-electron chi connectivity index (χ3n) is 4.18. The highest BCUT2D eigenvalue weighted by molar-refractivity contribution is 5.76. The van der Waals surface area contributed by atoms with Crippen LogP contribution < -0.4 is 5.69 Å². The first-order valence-electron chi connectivity index (χ1n) is 7.97. The fraction of sp³-hybridized carbons (Fsp3) is 0.158. The average Bonchev–Trinajstić information content (AvgIpc) is 3.20. The lowest BCUT2D eigenvalue weighted by molar-refractivity contribution is 0.377. The first-order chi connectivity index (χ1) is 11.8. The van der Waals surface area contributed by atoms with E-state index in [4.69, 9.17) is 4.52 Å². The number of hydrogen-bond acceptors (Lipinski definition) is 3. The van der Waals surface area contributed by atoms with Crippen LogP contribution in [-0.4, -0.2) is 14.3 Å². The molecule has 0 saturated heterocycles. The molecule has 0 radical (unpaired) electrons. The van der Waals surface area contributed by atoms with Gasteiger partial charge in [-0.1, -0.05) is 47.6 Å². The summed E-state index contributed by atoms with van der Waals surface area (Å²) in [5.41, 5.74) is 3.58. The molecule has 5 heteroatoms. The number of fused-ring (bicyclic) bond motifs is 1. The third kappa shape index (κ3) is 2.34. The Kier molecular flexibility index (Phi) is 3.54. The van der Waals surface area contributed by atoms with Crippen molar-refractivity contribution in [2.45, 2.75) is 20.0 Å². The van der Waals surface area contributed by atoms with E-state index in [2.05, 4.69) is 5.16 Å². The summed E-state index contributed by atoms with van der Waals surface area (Å²) in [7, 11) is 0. The van der Waals surface area contributed by atoms with Gasteiger partial charge in [-0.05, 0) is 19.1 Å². The molecule has 0 aliphatic carbocycles. The van der Waals surface area contributed by atoms with Crippen LogP contribution in [-0.2, 0) is 13.1 Å². The van der Waals surface area contributed by atoms with Crippen molar-refractivity contribution < 1.29 is 4.52 Å². The molecule has 0 unspecified atom stereocenters. The second-order valence-electron chi connectivity index (χ2n) is 5.65. The molecular formula is C19H17N3O2. The minimum atomic E-state index is -0.0311. The molecule has 0 aliphatic heterocycles. The Bertz CT molecular complexity index is 1040. The topological polar surface area (TPSA) is 53.0 Å². The molecule has 0 N–H and O–H groups in total. The summed E-state index contributed by atoms with van der Waals surface area (Å²) in [6.45, 7) is 2.98. The smallest absolute Gasteiger partial charge is 0.329 e. The van der Waals surface area contributed by atoms with Crippen LogP contribution in [0.15, 0.2) is 70.0 Å². The Morgan fingerprint density at radius 2 is 1.62 bits per heavy atom. The maximum Gasteiger partial charge on any atom is 0.329 e. The van der Waals surface area contributed by atoms with Crippen molar-refractivity contribution in [1.29, 1.82) is 0 Å². The van der Waals surface area contributed by atoms with Gasteiger partial charge in [-0.15, -0.1) is 0 Å². The van der Waals surface area contributed by atoms with E-state index in [1.807, 2.05) is 67.6 Å². The number of benzene rings is 2.